The molecule has 22 heavy (non-hydrogen) atoms. The Labute approximate surface area is 141 Å². The Kier molecular flexibility index (Phi) is 8.17. The molecule has 0 radical (unpaired) electrons. The van der Waals surface area contributed by atoms with Gasteiger partial charge in [0.1, 0.15) is 0 Å². The van der Waals surface area contributed by atoms with E-state index >= 15 is 0 Å². The zero-order valence-corrected chi connectivity index (χ0v) is 15.1. The van der Waals surface area contributed by atoms with E-state index in [0.717, 1.165) is 23.7 Å². The SMILES string of the molecule is CCCCCN(CC(C)C(=O)OC)C(=O)c1cccc(Br)c1. The number of ether oxygens (including phenoxy) is 1. The van der Waals surface area contributed by atoms with Gasteiger partial charge in [-0.05, 0) is 24.6 Å². The number of unbranched alkanes of at least 4 members (excludes halogenated alkanes) is 2. The summed E-state index contributed by atoms with van der Waals surface area (Å²) in [5.74, 6) is -0.668. The number of rotatable bonds is 8. The lowest BCUT2D eigenvalue weighted by Crippen LogP contribution is -2.38. The normalized spacial score (nSPS) is 11.8. The van der Waals surface area contributed by atoms with Crippen LogP contribution in [-0.4, -0.2) is 37.0 Å². The predicted molar refractivity (Wildman–Crippen MR) is 90.8 cm³/mol. The summed E-state index contributed by atoms with van der Waals surface area (Å²) in [7, 11) is 1.37. The molecule has 4 nitrogen and oxygen atoms in total. The van der Waals surface area contributed by atoms with Crippen LogP contribution in [0.2, 0.25) is 0 Å². The number of methoxy groups -OCH3 is 1. The second-order valence-electron chi connectivity index (χ2n) is 5.39. The molecule has 1 aromatic carbocycles. The highest BCUT2D eigenvalue weighted by Gasteiger charge is 2.22. The van der Waals surface area contributed by atoms with Gasteiger partial charge < -0.3 is 9.64 Å². The van der Waals surface area contributed by atoms with Crippen molar-refractivity contribution in [2.75, 3.05) is 20.2 Å². The van der Waals surface area contributed by atoms with Gasteiger partial charge in [-0.3, -0.25) is 9.59 Å². The lowest BCUT2D eigenvalue weighted by atomic mass is 10.1. The fourth-order valence-corrected chi connectivity index (χ4v) is 2.64. The van der Waals surface area contributed by atoms with Gasteiger partial charge in [0, 0.05) is 23.1 Å². The van der Waals surface area contributed by atoms with Crippen LogP contribution in [0.25, 0.3) is 0 Å². The number of benzene rings is 1. The molecule has 0 saturated heterocycles. The van der Waals surface area contributed by atoms with Crippen LogP contribution >= 0.6 is 15.9 Å². The molecule has 0 heterocycles. The maximum Gasteiger partial charge on any atom is 0.310 e. The summed E-state index contributed by atoms with van der Waals surface area (Å²) < 4.78 is 5.63. The van der Waals surface area contributed by atoms with Crippen molar-refractivity contribution in [3.63, 3.8) is 0 Å². The van der Waals surface area contributed by atoms with Crippen molar-refractivity contribution in [2.45, 2.75) is 33.1 Å². The van der Waals surface area contributed by atoms with E-state index in [1.54, 1.807) is 24.0 Å². The third-order valence-electron chi connectivity index (χ3n) is 3.49. The average Bonchev–Trinajstić information content (AvgIpc) is 2.52. The highest BCUT2D eigenvalue weighted by atomic mass is 79.9. The van der Waals surface area contributed by atoms with Crippen molar-refractivity contribution in [1.29, 1.82) is 0 Å². The number of nitrogens with zero attached hydrogens (tertiary/aromatic N) is 1. The number of carbonyl (C=O) groups excluding carboxylic acids is 2. The van der Waals surface area contributed by atoms with E-state index in [1.165, 1.54) is 7.11 Å². The van der Waals surface area contributed by atoms with Crippen molar-refractivity contribution >= 4 is 27.8 Å². The highest BCUT2D eigenvalue weighted by molar-refractivity contribution is 9.10. The minimum absolute atomic E-state index is 0.0480. The first-order valence-electron chi connectivity index (χ1n) is 7.62. The van der Waals surface area contributed by atoms with Crippen molar-refractivity contribution in [3.8, 4) is 0 Å². The number of hydrogen-bond donors (Lipinski definition) is 0. The molecule has 5 heteroatoms. The fraction of sp³-hybridized carbons (Fsp3) is 0.529. The second kappa shape index (κ2) is 9.62. The Morgan fingerprint density at radius 2 is 2.05 bits per heavy atom. The lowest BCUT2D eigenvalue weighted by Gasteiger charge is -2.25. The molecule has 0 bridgehead atoms. The van der Waals surface area contributed by atoms with Crippen LogP contribution in [0.1, 0.15) is 43.5 Å². The molecular weight excluding hydrogens is 346 g/mol. The largest absolute Gasteiger partial charge is 0.469 e. The minimum atomic E-state index is -0.331. The van der Waals surface area contributed by atoms with Crippen LogP contribution in [0.4, 0.5) is 0 Å². The molecule has 0 fully saturated rings. The monoisotopic (exact) mass is 369 g/mol. The Hall–Kier alpha value is -1.36. The van der Waals surface area contributed by atoms with E-state index in [-0.39, 0.29) is 17.8 Å². The van der Waals surface area contributed by atoms with Gasteiger partial charge in [-0.1, -0.05) is 48.7 Å². The number of halogens is 1. The molecule has 1 amide bonds. The summed E-state index contributed by atoms with van der Waals surface area (Å²) >= 11 is 3.38. The van der Waals surface area contributed by atoms with Gasteiger partial charge in [-0.25, -0.2) is 0 Å². The first-order chi connectivity index (χ1) is 10.5. The van der Waals surface area contributed by atoms with Crippen LogP contribution in [-0.2, 0) is 9.53 Å². The van der Waals surface area contributed by atoms with E-state index in [4.69, 9.17) is 4.74 Å². The first-order valence-corrected chi connectivity index (χ1v) is 8.41. The number of carbonyl (C=O) groups is 2. The van der Waals surface area contributed by atoms with Gasteiger partial charge in [0.15, 0.2) is 0 Å². The maximum absolute atomic E-state index is 12.7. The maximum atomic E-state index is 12.7. The molecule has 0 aliphatic carbocycles. The van der Waals surface area contributed by atoms with Gasteiger partial charge in [-0.15, -0.1) is 0 Å². The molecule has 1 rings (SSSR count). The van der Waals surface area contributed by atoms with Crippen molar-refractivity contribution in [1.82, 2.24) is 4.90 Å². The highest BCUT2D eigenvalue weighted by Crippen LogP contribution is 2.15. The standard InChI is InChI=1S/C17H24BrNO3/c1-4-5-6-10-19(12-13(2)17(21)22-3)16(20)14-8-7-9-15(18)11-14/h7-9,11,13H,4-6,10,12H2,1-3H3. The van der Waals surface area contributed by atoms with Crippen LogP contribution in [0.15, 0.2) is 28.7 Å². The molecule has 1 atom stereocenters. The molecular formula is C17H24BrNO3. The second-order valence-corrected chi connectivity index (χ2v) is 6.31. The van der Waals surface area contributed by atoms with E-state index < -0.39 is 0 Å². The van der Waals surface area contributed by atoms with Crippen LogP contribution in [0.5, 0.6) is 0 Å². The van der Waals surface area contributed by atoms with E-state index in [0.29, 0.717) is 18.7 Å². The average molecular weight is 370 g/mol. The van der Waals surface area contributed by atoms with E-state index in [2.05, 4.69) is 22.9 Å². The molecule has 122 valence electrons. The van der Waals surface area contributed by atoms with Gasteiger partial charge in [-0.2, -0.15) is 0 Å². The molecule has 0 aliphatic rings. The number of amides is 1. The molecule has 0 aliphatic heterocycles. The van der Waals surface area contributed by atoms with Crippen LogP contribution < -0.4 is 0 Å². The topological polar surface area (TPSA) is 46.6 Å². The molecule has 1 unspecified atom stereocenters. The first kappa shape index (κ1) is 18.7. The van der Waals surface area contributed by atoms with Gasteiger partial charge in [0.05, 0.1) is 13.0 Å². The van der Waals surface area contributed by atoms with Gasteiger partial charge in [0.2, 0.25) is 0 Å². The Bertz CT molecular complexity index is 504. The molecule has 0 saturated carbocycles. The Balaban J connectivity index is 2.83. The number of hydrogen-bond acceptors (Lipinski definition) is 3. The van der Waals surface area contributed by atoms with Gasteiger partial charge >= 0.3 is 5.97 Å². The third kappa shape index (κ3) is 5.79. The van der Waals surface area contributed by atoms with Crippen molar-refractivity contribution in [3.05, 3.63) is 34.3 Å². The Morgan fingerprint density at radius 3 is 2.64 bits per heavy atom. The summed E-state index contributed by atoms with van der Waals surface area (Å²) in [5, 5.41) is 0. The third-order valence-corrected chi connectivity index (χ3v) is 3.98. The lowest BCUT2D eigenvalue weighted by molar-refractivity contribution is -0.145. The van der Waals surface area contributed by atoms with E-state index in [1.807, 2.05) is 12.1 Å². The predicted octanol–water partition coefficient (Wildman–Crippen LogP) is 3.89. The summed E-state index contributed by atoms with van der Waals surface area (Å²) in [4.78, 5) is 26.1. The van der Waals surface area contributed by atoms with Gasteiger partial charge in [0.25, 0.3) is 5.91 Å². The van der Waals surface area contributed by atoms with Crippen LogP contribution in [0.3, 0.4) is 0 Å². The molecule has 1 aromatic rings. The van der Waals surface area contributed by atoms with Crippen LogP contribution in [0, 0.1) is 5.92 Å². The molecule has 0 aromatic heterocycles. The zero-order valence-electron chi connectivity index (χ0n) is 13.5. The minimum Gasteiger partial charge on any atom is -0.469 e. The fourth-order valence-electron chi connectivity index (χ4n) is 2.24. The Morgan fingerprint density at radius 1 is 1.32 bits per heavy atom. The summed E-state index contributed by atoms with van der Waals surface area (Å²) in [6.07, 6.45) is 3.09. The zero-order chi connectivity index (χ0) is 16.5. The molecule has 0 N–H and O–H groups in total. The summed E-state index contributed by atoms with van der Waals surface area (Å²) in [6.45, 7) is 4.94. The summed E-state index contributed by atoms with van der Waals surface area (Å²) in [6, 6.07) is 7.32. The smallest absolute Gasteiger partial charge is 0.310 e. The molecule has 0 spiro atoms. The van der Waals surface area contributed by atoms with Crippen molar-refractivity contribution < 1.29 is 14.3 Å². The quantitative estimate of drug-likeness (QED) is 0.515. The number of esters is 1. The summed E-state index contributed by atoms with van der Waals surface area (Å²) in [5.41, 5.74) is 0.628. The van der Waals surface area contributed by atoms with Crippen molar-refractivity contribution in [2.24, 2.45) is 5.92 Å². The van der Waals surface area contributed by atoms with E-state index in [9.17, 15) is 9.59 Å².